The SMILES string of the molecule is Cc1ccc(C([O-])=C2C(=O)C(=O)N(CCC[n+]3cc[nH]c3)C2c2ccc(Cl)cc2)cc1. The lowest BCUT2D eigenvalue weighted by atomic mass is 9.95. The van der Waals surface area contributed by atoms with Crippen molar-refractivity contribution in [3.63, 3.8) is 0 Å². The van der Waals surface area contributed by atoms with Crippen LogP contribution in [0.4, 0.5) is 0 Å². The number of halogens is 1. The largest absolute Gasteiger partial charge is 0.872 e. The third kappa shape index (κ3) is 4.25. The number of carbonyl (C=O) groups excluding carboxylic acids is 2. The molecule has 0 spiro atoms. The second kappa shape index (κ2) is 8.78. The zero-order chi connectivity index (χ0) is 22.0. The van der Waals surface area contributed by atoms with Crippen molar-refractivity contribution in [3.8, 4) is 0 Å². The third-order valence-electron chi connectivity index (χ3n) is 5.45. The number of H-pyrrole nitrogens is 1. The number of aromatic nitrogens is 2. The van der Waals surface area contributed by atoms with E-state index in [0.717, 1.165) is 5.56 Å². The molecule has 1 amide bonds. The summed E-state index contributed by atoms with van der Waals surface area (Å²) in [5, 5.41) is 13.8. The number of nitrogens with zero attached hydrogens (tertiary/aromatic N) is 2. The van der Waals surface area contributed by atoms with Crippen LogP contribution in [0.2, 0.25) is 5.02 Å². The minimum atomic E-state index is -0.736. The number of benzene rings is 2. The summed E-state index contributed by atoms with van der Waals surface area (Å²) in [5.41, 5.74) is 2.08. The molecule has 31 heavy (non-hydrogen) atoms. The summed E-state index contributed by atoms with van der Waals surface area (Å²) in [6.45, 7) is 2.95. The Morgan fingerprint density at radius 2 is 1.84 bits per heavy atom. The van der Waals surface area contributed by atoms with Crippen LogP contribution in [-0.4, -0.2) is 28.1 Å². The molecule has 2 heterocycles. The van der Waals surface area contributed by atoms with Crippen LogP contribution in [0, 0.1) is 6.92 Å². The molecule has 1 aliphatic rings. The van der Waals surface area contributed by atoms with Crippen LogP contribution < -0.4 is 9.67 Å². The van der Waals surface area contributed by atoms with Gasteiger partial charge in [0.15, 0.2) is 0 Å². The average molecular weight is 436 g/mol. The van der Waals surface area contributed by atoms with Crippen molar-refractivity contribution in [2.45, 2.75) is 25.9 Å². The van der Waals surface area contributed by atoms with Crippen LogP contribution >= 0.6 is 11.6 Å². The fourth-order valence-electron chi connectivity index (χ4n) is 3.84. The first-order valence-electron chi connectivity index (χ1n) is 10.1. The quantitative estimate of drug-likeness (QED) is 0.280. The van der Waals surface area contributed by atoms with Gasteiger partial charge in [-0.15, -0.1) is 0 Å². The van der Waals surface area contributed by atoms with Gasteiger partial charge in [-0.25, -0.2) is 4.57 Å². The van der Waals surface area contributed by atoms with Crippen LogP contribution in [0.1, 0.15) is 29.2 Å². The van der Waals surface area contributed by atoms with E-state index in [-0.39, 0.29) is 5.57 Å². The predicted molar refractivity (Wildman–Crippen MR) is 115 cm³/mol. The molecule has 1 atom stereocenters. The number of rotatable bonds is 6. The van der Waals surface area contributed by atoms with Crippen LogP contribution in [0.15, 0.2) is 72.8 Å². The van der Waals surface area contributed by atoms with E-state index in [9.17, 15) is 14.7 Å². The number of hydrogen-bond acceptors (Lipinski definition) is 3. The van der Waals surface area contributed by atoms with Crippen molar-refractivity contribution < 1.29 is 19.3 Å². The molecule has 1 unspecified atom stereocenters. The van der Waals surface area contributed by atoms with Gasteiger partial charge in [-0.1, -0.05) is 59.3 Å². The first-order chi connectivity index (χ1) is 15.0. The molecule has 1 aliphatic heterocycles. The Morgan fingerprint density at radius 1 is 1.13 bits per heavy atom. The Kier molecular flexibility index (Phi) is 5.91. The van der Waals surface area contributed by atoms with Gasteiger partial charge in [-0.2, -0.15) is 0 Å². The fourth-order valence-corrected chi connectivity index (χ4v) is 3.96. The topological polar surface area (TPSA) is 80.1 Å². The van der Waals surface area contributed by atoms with Crippen LogP contribution in [0.3, 0.4) is 0 Å². The van der Waals surface area contributed by atoms with Gasteiger partial charge in [-0.05, 0) is 30.2 Å². The van der Waals surface area contributed by atoms with E-state index in [4.69, 9.17) is 11.6 Å². The monoisotopic (exact) mass is 435 g/mol. The number of hydrogen-bond donors (Lipinski definition) is 1. The molecule has 0 bridgehead atoms. The van der Waals surface area contributed by atoms with E-state index in [0.29, 0.717) is 35.7 Å². The number of likely N-dealkylation sites (tertiary alicyclic amines) is 1. The molecule has 1 fully saturated rings. The molecule has 7 heteroatoms. The number of ketones is 1. The summed E-state index contributed by atoms with van der Waals surface area (Å²) < 4.78 is 1.96. The van der Waals surface area contributed by atoms with Crippen molar-refractivity contribution in [1.82, 2.24) is 9.88 Å². The van der Waals surface area contributed by atoms with Gasteiger partial charge in [0, 0.05) is 23.6 Å². The maximum atomic E-state index is 13.3. The standard InChI is InChI=1S/C24H22ClN3O3/c1-16-3-5-18(6-4-16)22(29)20-21(17-7-9-19(25)10-8-17)28(24(31)23(20)30)13-2-12-27-14-11-26-15-27/h3-11,14-15,21H,2,12-13H2,1H3,(H,29,30). The number of amides is 1. The second-order valence-corrected chi connectivity index (χ2v) is 8.03. The molecular formula is C24H22ClN3O3. The highest BCUT2D eigenvalue weighted by molar-refractivity contribution is 6.46. The van der Waals surface area contributed by atoms with Crippen molar-refractivity contribution in [2.75, 3.05) is 6.54 Å². The molecule has 0 radical (unpaired) electrons. The van der Waals surface area contributed by atoms with E-state index in [1.165, 1.54) is 4.90 Å². The summed E-state index contributed by atoms with van der Waals surface area (Å²) >= 11 is 6.04. The van der Waals surface area contributed by atoms with Crippen molar-refractivity contribution in [3.05, 3.63) is 94.5 Å². The minimum absolute atomic E-state index is 0.00882. The number of aromatic amines is 1. The van der Waals surface area contributed by atoms with Crippen LogP contribution in [-0.2, 0) is 16.1 Å². The van der Waals surface area contributed by atoms with Crippen molar-refractivity contribution in [2.24, 2.45) is 0 Å². The summed E-state index contributed by atoms with van der Waals surface area (Å²) in [6.07, 6.45) is 6.17. The van der Waals surface area contributed by atoms with E-state index in [2.05, 4.69) is 4.98 Å². The van der Waals surface area contributed by atoms with E-state index in [1.807, 2.05) is 42.3 Å². The van der Waals surface area contributed by atoms with Crippen molar-refractivity contribution in [1.29, 1.82) is 0 Å². The highest BCUT2D eigenvalue weighted by atomic mass is 35.5. The number of Topliss-reactive ketones (excluding diaryl/α,β-unsaturated/α-hetero) is 1. The lowest BCUT2D eigenvalue weighted by molar-refractivity contribution is -0.695. The van der Waals surface area contributed by atoms with Gasteiger partial charge in [0.2, 0.25) is 12.1 Å². The molecule has 6 nitrogen and oxygen atoms in total. The Labute approximate surface area is 185 Å². The molecule has 1 saturated heterocycles. The smallest absolute Gasteiger partial charge is 0.295 e. The Morgan fingerprint density at radius 3 is 2.48 bits per heavy atom. The zero-order valence-corrected chi connectivity index (χ0v) is 17.8. The third-order valence-corrected chi connectivity index (χ3v) is 5.70. The summed E-state index contributed by atoms with van der Waals surface area (Å²) in [6, 6.07) is 13.2. The molecule has 1 N–H and O–H groups in total. The molecule has 158 valence electrons. The molecule has 4 rings (SSSR count). The van der Waals surface area contributed by atoms with E-state index in [1.54, 1.807) is 36.4 Å². The number of nitrogens with one attached hydrogen (secondary N) is 1. The highest BCUT2D eigenvalue weighted by Gasteiger charge is 2.43. The van der Waals surface area contributed by atoms with Gasteiger partial charge in [-0.3, -0.25) is 14.6 Å². The highest BCUT2D eigenvalue weighted by Crippen LogP contribution is 2.39. The Balaban J connectivity index is 1.72. The summed E-state index contributed by atoms with van der Waals surface area (Å²) in [7, 11) is 0. The van der Waals surface area contributed by atoms with Crippen LogP contribution in [0.5, 0.6) is 0 Å². The minimum Gasteiger partial charge on any atom is -0.872 e. The van der Waals surface area contributed by atoms with Gasteiger partial charge < -0.3 is 10.0 Å². The summed E-state index contributed by atoms with van der Waals surface area (Å²) in [4.78, 5) is 30.3. The maximum absolute atomic E-state index is 13.3. The normalized spacial score (nSPS) is 18.0. The lowest BCUT2D eigenvalue weighted by Crippen LogP contribution is -2.36. The molecular weight excluding hydrogens is 414 g/mol. The number of imidazole rings is 1. The molecule has 0 saturated carbocycles. The average Bonchev–Trinajstić information content (AvgIpc) is 3.37. The zero-order valence-electron chi connectivity index (χ0n) is 17.0. The van der Waals surface area contributed by atoms with Crippen LogP contribution in [0.25, 0.3) is 5.76 Å². The lowest BCUT2D eigenvalue weighted by Gasteiger charge is -2.27. The Hall–Kier alpha value is -3.38. The predicted octanol–water partition coefficient (Wildman–Crippen LogP) is 2.58. The number of aryl methyl sites for hydroxylation is 2. The van der Waals surface area contributed by atoms with Gasteiger partial charge >= 0.3 is 0 Å². The first kappa shape index (κ1) is 20.9. The Bertz CT molecular complexity index is 1120. The number of carbonyl (C=O) groups is 2. The molecule has 0 aliphatic carbocycles. The summed E-state index contributed by atoms with van der Waals surface area (Å²) in [5.74, 6) is -1.80. The molecule has 1 aromatic heterocycles. The van der Waals surface area contributed by atoms with E-state index < -0.39 is 23.5 Å². The van der Waals surface area contributed by atoms with E-state index >= 15 is 0 Å². The fraction of sp³-hybridized carbons (Fsp3) is 0.208. The van der Waals surface area contributed by atoms with Crippen molar-refractivity contribution >= 4 is 29.1 Å². The second-order valence-electron chi connectivity index (χ2n) is 7.59. The molecule has 3 aromatic rings. The van der Waals surface area contributed by atoms with Gasteiger partial charge in [0.25, 0.3) is 5.91 Å². The first-order valence-corrected chi connectivity index (χ1v) is 10.4. The molecule has 2 aromatic carbocycles. The van der Waals surface area contributed by atoms with Gasteiger partial charge in [0.05, 0.1) is 12.6 Å². The van der Waals surface area contributed by atoms with Gasteiger partial charge in [0.1, 0.15) is 12.4 Å². The maximum Gasteiger partial charge on any atom is 0.295 e.